The Morgan fingerprint density at radius 3 is 2.50 bits per heavy atom. The number of carbonyl (C=O) groups is 3. The smallest absolute Gasteiger partial charge is 0.337 e. The molecule has 1 aromatic rings. The van der Waals surface area contributed by atoms with Crippen molar-refractivity contribution in [1.82, 2.24) is 0 Å². The predicted octanol–water partition coefficient (Wildman–Crippen LogP) is 0.330. The lowest BCUT2D eigenvalue weighted by atomic mass is 10.1. The Balaban J connectivity index is 2.51. The lowest BCUT2D eigenvalue weighted by molar-refractivity contribution is -0.155. The number of β-amino-alcohol motifs (C(OH)–C–C–N with tert-alkyl or cyclic N) is 1. The molecule has 1 atom stereocenters. The molecule has 0 bridgehead atoms. The Hall–Kier alpha value is -2.35. The van der Waals surface area contributed by atoms with Gasteiger partial charge in [0, 0.05) is 6.07 Å². The molecule has 0 aliphatic carbocycles. The highest BCUT2D eigenvalue weighted by atomic mass is 19.1. The number of carboxylic acids is 1. The topological polar surface area (TPSA) is 94.9 Å². The zero-order valence-electron chi connectivity index (χ0n) is 10.2. The summed E-state index contributed by atoms with van der Waals surface area (Å²) in [7, 11) is 0. The van der Waals surface area contributed by atoms with Gasteiger partial charge in [-0.1, -0.05) is 0 Å². The first kappa shape index (κ1) is 14.1. The molecule has 1 aliphatic heterocycles. The maximum Gasteiger partial charge on any atom is 0.337 e. The van der Waals surface area contributed by atoms with Crippen LogP contribution in [0.3, 0.4) is 0 Å². The van der Waals surface area contributed by atoms with Crippen molar-refractivity contribution in [3.63, 3.8) is 0 Å². The number of aliphatic carboxylic acids is 1. The van der Waals surface area contributed by atoms with E-state index in [0.717, 1.165) is 6.92 Å². The number of hydrogen-bond donors (Lipinski definition) is 2. The molecule has 0 spiro atoms. The third-order valence-electron chi connectivity index (χ3n) is 2.91. The molecule has 106 valence electrons. The molecule has 0 saturated carbocycles. The van der Waals surface area contributed by atoms with Crippen LogP contribution in [-0.4, -0.2) is 40.0 Å². The van der Waals surface area contributed by atoms with Gasteiger partial charge in [0.25, 0.3) is 11.7 Å². The maximum absolute atomic E-state index is 13.7. The van der Waals surface area contributed by atoms with Gasteiger partial charge < -0.3 is 10.2 Å². The van der Waals surface area contributed by atoms with Crippen LogP contribution in [0.4, 0.5) is 14.5 Å². The summed E-state index contributed by atoms with van der Waals surface area (Å²) in [6, 6.07) is 1.15. The number of hydrogen-bond acceptors (Lipinski definition) is 4. The lowest BCUT2D eigenvalue weighted by Gasteiger charge is -2.25. The average molecular weight is 285 g/mol. The van der Waals surface area contributed by atoms with Crippen LogP contribution in [0.5, 0.6) is 0 Å². The number of amides is 1. The van der Waals surface area contributed by atoms with Gasteiger partial charge in [0.1, 0.15) is 5.82 Å². The van der Waals surface area contributed by atoms with E-state index in [-0.39, 0.29) is 0 Å². The highest BCUT2D eigenvalue weighted by Gasteiger charge is 2.44. The molecule has 2 N–H and O–H groups in total. The molecule has 8 heteroatoms. The molecule has 1 aliphatic rings. The number of Topliss-reactive ketones (excluding diaryl/α,β-unsaturated/α-hetero) is 1. The van der Waals surface area contributed by atoms with Gasteiger partial charge in [0.15, 0.2) is 11.4 Å². The van der Waals surface area contributed by atoms with E-state index in [1.54, 1.807) is 0 Å². The minimum atomic E-state index is -2.38. The highest BCUT2D eigenvalue weighted by Crippen LogP contribution is 2.33. The number of aliphatic hydroxyl groups is 1. The normalized spacial score (nSPS) is 17.1. The Morgan fingerprint density at radius 2 is 1.95 bits per heavy atom. The molecule has 0 radical (unpaired) electrons. The van der Waals surface area contributed by atoms with Crippen molar-refractivity contribution in [3.05, 3.63) is 29.3 Å². The van der Waals surface area contributed by atoms with Crippen molar-refractivity contribution >= 4 is 23.3 Å². The molecule has 0 saturated heterocycles. The molecule has 1 aromatic carbocycles. The van der Waals surface area contributed by atoms with Crippen LogP contribution >= 0.6 is 0 Å². The Kier molecular flexibility index (Phi) is 3.05. The van der Waals surface area contributed by atoms with E-state index in [1.165, 1.54) is 0 Å². The fourth-order valence-electron chi connectivity index (χ4n) is 1.88. The fourth-order valence-corrected chi connectivity index (χ4v) is 1.88. The molecule has 1 unspecified atom stereocenters. The standard InChI is InChI=1S/C12H9F2NO5/c1-12(20,11(18)19)4-15-8-6(9(16)10(15)17)2-5(13)3-7(8)14/h2-3,20H,4H2,1H3,(H,18,19). The second kappa shape index (κ2) is 4.34. The zero-order chi connectivity index (χ0) is 15.2. The van der Waals surface area contributed by atoms with Crippen LogP contribution in [0, 0.1) is 11.6 Å². The molecule has 20 heavy (non-hydrogen) atoms. The van der Waals surface area contributed by atoms with Crippen LogP contribution in [-0.2, 0) is 9.59 Å². The average Bonchev–Trinajstić information content (AvgIpc) is 2.54. The van der Waals surface area contributed by atoms with Crippen molar-refractivity contribution < 1.29 is 33.4 Å². The van der Waals surface area contributed by atoms with E-state index in [1.807, 2.05) is 0 Å². The minimum Gasteiger partial charge on any atom is -0.479 e. The summed E-state index contributed by atoms with van der Waals surface area (Å²) in [5.41, 5.74) is -3.39. The number of ketones is 1. The van der Waals surface area contributed by atoms with E-state index >= 15 is 0 Å². The molecular weight excluding hydrogens is 276 g/mol. The lowest BCUT2D eigenvalue weighted by Crippen LogP contribution is -2.48. The van der Waals surface area contributed by atoms with Crippen LogP contribution in [0.1, 0.15) is 17.3 Å². The number of fused-ring (bicyclic) bond motifs is 1. The summed E-state index contributed by atoms with van der Waals surface area (Å²) in [5.74, 6) is -6.23. The monoisotopic (exact) mass is 285 g/mol. The molecule has 0 aromatic heterocycles. The van der Waals surface area contributed by atoms with E-state index in [0.29, 0.717) is 17.0 Å². The number of rotatable bonds is 3. The van der Waals surface area contributed by atoms with Crippen molar-refractivity contribution in [3.8, 4) is 0 Å². The van der Waals surface area contributed by atoms with Crippen LogP contribution < -0.4 is 4.90 Å². The third-order valence-corrected chi connectivity index (χ3v) is 2.91. The molecule has 0 fully saturated rings. The van der Waals surface area contributed by atoms with E-state index in [2.05, 4.69) is 0 Å². The number of carboxylic acid groups (broad SMARTS) is 1. The van der Waals surface area contributed by atoms with Gasteiger partial charge in [-0.15, -0.1) is 0 Å². The summed E-state index contributed by atoms with van der Waals surface area (Å²) < 4.78 is 26.8. The number of nitrogens with zero attached hydrogens (tertiary/aromatic N) is 1. The maximum atomic E-state index is 13.7. The molecule has 6 nitrogen and oxygen atoms in total. The highest BCUT2D eigenvalue weighted by molar-refractivity contribution is 6.52. The summed E-state index contributed by atoms with van der Waals surface area (Å²) >= 11 is 0. The van der Waals surface area contributed by atoms with Crippen molar-refractivity contribution in [1.29, 1.82) is 0 Å². The number of halogens is 2. The predicted molar refractivity (Wildman–Crippen MR) is 61.3 cm³/mol. The van der Waals surface area contributed by atoms with Crippen molar-refractivity contribution in [2.24, 2.45) is 0 Å². The van der Waals surface area contributed by atoms with Gasteiger partial charge in [-0.25, -0.2) is 13.6 Å². The van der Waals surface area contributed by atoms with Crippen molar-refractivity contribution in [2.45, 2.75) is 12.5 Å². The number of anilines is 1. The van der Waals surface area contributed by atoms with Gasteiger partial charge >= 0.3 is 5.97 Å². The third kappa shape index (κ3) is 2.03. The first-order valence-electron chi connectivity index (χ1n) is 5.46. The van der Waals surface area contributed by atoms with E-state index in [4.69, 9.17) is 5.11 Å². The largest absolute Gasteiger partial charge is 0.479 e. The number of benzene rings is 1. The summed E-state index contributed by atoms with van der Waals surface area (Å²) in [4.78, 5) is 34.6. The minimum absolute atomic E-state index is 0.465. The van der Waals surface area contributed by atoms with Crippen LogP contribution in [0.25, 0.3) is 0 Å². The van der Waals surface area contributed by atoms with Gasteiger partial charge in [0.2, 0.25) is 0 Å². The molecule has 1 amide bonds. The quantitative estimate of drug-likeness (QED) is 0.780. The SMILES string of the molecule is CC(O)(CN1C(=O)C(=O)c2cc(F)cc(F)c21)C(=O)O. The van der Waals surface area contributed by atoms with Gasteiger partial charge in [-0.2, -0.15) is 0 Å². The van der Waals surface area contributed by atoms with E-state index < -0.39 is 52.7 Å². The molecular formula is C12H9F2NO5. The second-order valence-electron chi connectivity index (χ2n) is 4.58. The van der Waals surface area contributed by atoms with Crippen LogP contribution in [0.2, 0.25) is 0 Å². The van der Waals surface area contributed by atoms with E-state index in [9.17, 15) is 28.3 Å². The summed E-state index contributed by atoms with van der Waals surface area (Å²) in [6.45, 7) is 0.0645. The first-order valence-corrected chi connectivity index (χ1v) is 5.46. The van der Waals surface area contributed by atoms with Gasteiger partial charge in [-0.3, -0.25) is 14.5 Å². The Morgan fingerprint density at radius 1 is 1.35 bits per heavy atom. The fraction of sp³-hybridized carbons (Fsp3) is 0.250. The van der Waals surface area contributed by atoms with Crippen molar-refractivity contribution in [2.75, 3.05) is 11.4 Å². The van der Waals surface area contributed by atoms with Crippen LogP contribution in [0.15, 0.2) is 12.1 Å². The van der Waals surface area contributed by atoms with Gasteiger partial charge in [-0.05, 0) is 13.0 Å². The van der Waals surface area contributed by atoms with Gasteiger partial charge in [0.05, 0.1) is 17.8 Å². The summed E-state index contributed by atoms with van der Waals surface area (Å²) in [6.07, 6.45) is 0. The second-order valence-corrected chi connectivity index (χ2v) is 4.58. The Bertz CT molecular complexity index is 641. The number of carbonyl (C=O) groups excluding carboxylic acids is 2. The molecule has 1 heterocycles. The zero-order valence-corrected chi connectivity index (χ0v) is 10.2. The summed E-state index contributed by atoms with van der Waals surface area (Å²) in [5, 5.41) is 18.4. The first-order chi connectivity index (χ1) is 9.15. The molecule has 2 rings (SSSR count). The Labute approximate surface area is 111 Å².